The molecule has 0 saturated carbocycles. The van der Waals surface area contributed by atoms with Crippen molar-refractivity contribution in [1.82, 2.24) is 10.2 Å². The van der Waals surface area contributed by atoms with Crippen LogP contribution in [0.4, 0.5) is 0 Å². The minimum atomic E-state index is 0.523. The van der Waals surface area contributed by atoms with Crippen molar-refractivity contribution in [2.75, 3.05) is 33.3 Å². The zero-order valence-electron chi connectivity index (χ0n) is 12.5. The number of hydrogen-bond acceptors (Lipinski definition) is 4. The summed E-state index contributed by atoms with van der Waals surface area (Å²) in [5.74, 6) is 1.94. The highest BCUT2D eigenvalue weighted by Gasteiger charge is 2.40. The van der Waals surface area contributed by atoms with Gasteiger partial charge in [-0.15, -0.1) is 0 Å². The number of nitrogens with zero attached hydrogens (tertiary/aromatic N) is 1. The second-order valence-electron chi connectivity index (χ2n) is 6.50. The van der Waals surface area contributed by atoms with Gasteiger partial charge in [0.1, 0.15) is 17.1 Å². The second kappa shape index (κ2) is 5.04. The minimum Gasteiger partial charge on any atom is -0.497 e. The summed E-state index contributed by atoms with van der Waals surface area (Å²) in [5.41, 5.74) is 1.47. The first kappa shape index (κ1) is 13.2. The Labute approximate surface area is 125 Å². The average molecular weight is 286 g/mol. The quantitative estimate of drug-likeness (QED) is 0.941. The van der Waals surface area contributed by atoms with Crippen molar-refractivity contribution in [2.45, 2.75) is 19.4 Å². The maximum atomic E-state index is 5.97. The van der Waals surface area contributed by atoms with Crippen LogP contribution < -0.4 is 10.1 Å². The first-order chi connectivity index (χ1) is 10.3. The van der Waals surface area contributed by atoms with Crippen LogP contribution in [-0.2, 0) is 6.54 Å². The number of fused-ring (bicyclic) bond motifs is 1. The van der Waals surface area contributed by atoms with Crippen LogP contribution in [0.1, 0.15) is 18.6 Å². The monoisotopic (exact) mass is 286 g/mol. The van der Waals surface area contributed by atoms with E-state index in [1.54, 1.807) is 7.11 Å². The molecule has 1 aromatic heterocycles. The van der Waals surface area contributed by atoms with E-state index < -0.39 is 0 Å². The predicted octanol–water partition coefficient (Wildman–Crippen LogP) is 2.63. The number of hydrogen-bond donors (Lipinski definition) is 1. The summed E-state index contributed by atoms with van der Waals surface area (Å²) in [7, 11) is 1.70. The Kier molecular flexibility index (Phi) is 3.16. The molecule has 1 atom stereocenters. The van der Waals surface area contributed by atoms with E-state index in [4.69, 9.17) is 9.15 Å². The largest absolute Gasteiger partial charge is 0.497 e. The molecule has 0 aliphatic carbocycles. The van der Waals surface area contributed by atoms with Gasteiger partial charge in [0.25, 0.3) is 0 Å². The smallest absolute Gasteiger partial charge is 0.134 e. The Balaban J connectivity index is 1.50. The Morgan fingerprint density at radius 3 is 3.10 bits per heavy atom. The number of nitrogens with one attached hydrogen (secondary N) is 1. The van der Waals surface area contributed by atoms with E-state index >= 15 is 0 Å². The maximum Gasteiger partial charge on any atom is 0.134 e. The van der Waals surface area contributed by atoms with Gasteiger partial charge in [0.15, 0.2) is 0 Å². The van der Waals surface area contributed by atoms with Gasteiger partial charge in [0.2, 0.25) is 0 Å². The van der Waals surface area contributed by atoms with E-state index in [0.29, 0.717) is 5.41 Å². The van der Waals surface area contributed by atoms with Crippen molar-refractivity contribution in [1.29, 1.82) is 0 Å². The summed E-state index contributed by atoms with van der Waals surface area (Å²) in [5, 5.41) is 4.64. The zero-order chi connectivity index (χ0) is 14.3. The fourth-order valence-electron chi connectivity index (χ4n) is 3.81. The van der Waals surface area contributed by atoms with Crippen LogP contribution in [0, 0.1) is 5.41 Å². The maximum absolute atomic E-state index is 5.97. The summed E-state index contributed by atoms with van der Waals surface area (Å²) in [4.78, 5) is 2.53. The molecule has 0 radical (unpaired) electrons. The van der Waals surface area contributed by atoms with Gasteiger partial charge in [-0.3, -0.25) is 4.90 Å². The summed E-state index contributed by atoms with van der Waals surface area (Å²) in [6.07, 6.45) is 2.63. The molecule has 4 rings (SSSR count). The van der Waals surface area contributed by atoms with Gasteiger partial charge >= 0.3 is 0 Å². The lowest BCUT2D eigenvalue weighted by atomic mass is 9.87. The molecule has 112 valence electrons. The fourth-order valence-corrected chi connectivity index (χ4v) is 3.81. The number of benzene rings is 1. The summed E-state index contributed by atoms with van der Waals surface area (Å²) < 4.78 is 11.2. The molecular weight excluding hydrogens is 264 g/mol. The van der Waals surface area contributed by atoms with Crippen LogP contribution in [0.2, 0.25) is 0 Å². The highest BCUT2D eigenvalue weighted by atomic mass is 16.5. The van der Waals surface area contributed by atoms with Crippen molar-refractivity contribution in [2.24, 2.45) is 5.41 Å². The lowest BCUT2D eigenvalue weighted by molar-refractivity contribution is 0.253. The third-order valence-electron chi connectivity index (χ3n) is 5.00. The van der Waals surface area contributed by atoms with Gasteiger partial charge in [0.05, 0.1) is 13.7 Å². The second-order valence-corrected chi connectivity index (χ2v) is 6.50. The molecule has 2 saturated heterocycles. The molecule has 4 nitrogen and oxygen atoms in total. The molecule has 2 aromatic rings. The lowest BCUT2D eigenvalue weighted by Gasteiger charge is -2.22. The third-order valence-corrected chi connectivity index (χ3v) is 5.00. The Hall–Kier alpha value is -1.52. The lowest BCUT2D eigenvalue weighted by Crippen LogP contribution is -2.28. The van der Waals surface area contributed by atoms with Crippen molar-refractivity contribution >= 4 is 11.0 Å². The van der Waals surface area contributed by atoms with E-state index in [1.165, 1.54) is 39.0 Å². The SMILES string of the molecule is COc1ccc2oc(CN3CCC4(CCNC4)C3)cc2c1. The molecular formula is C17H22N2O2. The van der Waals surface area contributed by atoms with Gasteiger partial charge in [-0.05, 0) is 55.6 Å². The Morgan fingerprint density at radius 1 is 1.33 bits per heavy atom. The Morgan fingerprint density at radius 2 is 2.29 bits per heavy atom. The molecule has 0 amide bonds. The fraction of sp³-hybridized carbons (Fsp3) is 0.529. The number of ether oxygens (including phenoxy) is 1. The number of methoxy groups -OCH3 is 1. The third kappa shape index (κ3) is 2.43. The van der Waals surface area contributed by atoms with E-state index in [-0.39, 0.29) is 0 Å². The zero-order valence-corrected chi connectivity index (χ0v) is 12.5. The van der Waals surface area contributed by atoms with Crippen LogP contribution in [0.25, 0.3) is 11.0 Å². The highest BCUT2D eigenvalue weighted by molar-refractivity contribution is 5.79. The summed E-state index contributed by atoms with van der Waals surface area (Å²) >= 11 is 0. The van der Waals surface area contributed by atoms with Crippen molar-refractivity contribution in [3.63, 3.8) is 0 Å². The molecule has 2 fully saturated rings. The average Bonchev–Trinajstić information content (AvgIpc) is 3.20. The van der Waals surface area contributed by atoms with E-state index in [0.717, 1.165) is 29.0 Å². The predicted molar refractivity (Wildman–Crippen MR) is 82.6 cm³/mol. The van der Waals surface area contributed by atoms with Gasteiger partial charge in [-0.25, -0.2) is 0 Å². The van der Waals surface area contributed by atoms with E-state index in [2.05, 4.69) is 16.3 Å². The van der Waals surface area contributed by atoms with Crippen molar-refractivity contribution in [3.8, 4) is 5.75 Å². The normalized spacial score (nSPS) is 26.1. The molecule has 4 heteroatoms. The Bertz CT molecular complexity index is 643. The van der Waals surface area contributed by atoms with Crippen molar-refractivity contribution < 1.29 is 9.15 Å². The minimum absolute atomic E-state index is 0.523. The first-order valence-corrected chi connectivity index (χ1v) is 7.76. The molecule has 1 spiro atoms. The number of rotatable bonds is 3. The van der Waals surface area contributed by atoms with Crippen LogP contribution in [0.15, 0.2) is 28.7 Å². The summed E-state index contributed by atoms with van der Waals surface area (Å²) in [6.45, 7) is 5.65. The molecule has 2 aliphatic rings. The molecule has 1 aromatic carbocycles. The van der Waals surface area contributed by atoms with Crippen LogP contribution in [-0.4, -0.2) is 38.2 Å². The molecule has 0 bridgehead atoms. The first-order valence-electron chi connectivity index (χ1n) is 7.76. The molecule has 2 aliphatic heterocycles. The van der Waals surface area contributed by atoms with Gasteiger partial charge in [-0.2, -0.15) is 0 Å². The highest BCUT2D eigenvalue weighted by Crippen LogP contribution is 2.37. The van der Waals surface area contributed by atoms with Crippen LogP contribution >= 0.6 is 0 Å². The van der Waals surface area contributed by atoms with Crippen LogP contribution in [0.3, 0.4) is 0 Å². The number of furan rings is 1. The van der Waals surface area contributed by atoms with E-state index in [1.807, 2.05) is 18.2 Å². The van der Waals surface area contributed by atoms with Crippen molar-refractivity contribution in [3.05, 3.63) is 30.0 Å². The van der Waals surface area contributed by atoms with Crippen LogP contribution in [0.5, 0.6) is 5.75 Å². The molecule has 3 heterocycles. The van der Waals surface area contributed by atoms with Gasteiger partial charge in [0, 0.05) is 18.5 Å². The standard InChI is InChI=1S/C17H22N2O2/c1-20-14-2-3-16-13(8-14)9-15(21-16)10-19-7-5-17(12-19)4-6-18-11-17/h2-3,8-9,18H,4-7,10-12H2,1H3. The summed E-state index contributed by atoms with van der Waals surface area (Å²) in [6, 6.07) is 8.12. The van der Waals surface area contributed by atoms with Gasteiger partial charge in [-0.1, -0.05) is 0 Å². The molecule has 1 N–H and O–H groups in total. The topological polar surface area (TPSA) is 37.6 Å². The molecule has 21 heavy (non-hydrogen) atoms. The van der Waals surface area contributed by atoms with Gasteiger partial charge < -0.3 is 14.5 Å². The van der Waals surface area contributed by atoms with E-state index in [9.17, 15) is 0 Å². The molecule has 1 unspecified atom stereocenters. The number of likely N-dealkylation sites (tertiary alicyclic amines) is 1.